The fourth-order valence-corrected chi connectivity index (χ4v) is 6.12. The van der Waals surface area contributed by atoms with Crippen LogP contribution in [-0.4, -0.2) is 27.8 Å². The Hall–Kier alpha value is -2.18. The number of aliphatic hydroxyl groups is 1. The van der Waals surface area contributed by atoms with Crippen LogP contribution in [0.5, 0.6) is 0 Å². The molecule has 1 aliphatic heterocycles. The van der Waals surface area contributed by atoms with Crippen molar-refractivity contribution in [2.45, 2.75) is 37.4 Å². The Bertz CT molecular complexity index is 861. The molecule has 152 valence electrons. The Kier molecular flexibility index (Phi) is 8.25. The van der Waals surface area contributed by atoms with Gasteiger partial charge in [0.15, 0.2) is 5.78 Å². The normalized spacial score (nSPS) is 16.6. The molecule has 0 aromatic heterocycles. The average molecular weight is 428 g/mol. The van der Waals surface area contributed by atoms with E-state index >= 15 is 0 Å². The Morgan fingerprint density at radius 2 is 1.86 bits per heavy atom. The molecule has 1 fully saturated rings. The SMILES string of the molecule is O=C(CCCCC1CCSS1)Nc1cccc(C(O)=CC(=O)c2ccccc2)c1. The van der Waals surface area contributed by atoms with E-state index in [1.807, 2.05) is 27.7 Å². The van der Waals surface area contributed by atoms with Gasteiger partial charge in [-0.1, -0.05) is 70.5 Å². The lowest BCUT2D eigenvalue weighted by molar-refractivity contribution is -0.116. The Labute approximate surface area is 179 Å². The topological polar surface area (TPSA) is 66.4 Å². The number of carbonyl (C=O) groups excluding carboxylic acids is 2. The minimum atomic E-state index is -0.267. The Morgan fingerprint density at radius 1 is 1.07 bits per heavy atom. The van der Waals surface area contributed by atoms with Gasteiger partial charge in [-0.2, -0.15) is 0 Å². The van der Waals surface area contributed by atoms with Gasteiger partial charge >= 0.3 is 0 Å². The lowest BCUT2D eigenvalue weighted by atomic mass is 10.1. The number of unbranched alkanes of at least 4 members (excludes halogenated alkanes) is 1. The molecule has 2 N–H and O–H groups in total. The van der Waals surface area contributed by atoms with Crippen molar-refractivity contribution in [1.82, 2.24) is 0 Å². The van der Waals surface area contributed by atoms with Crippen LogP contribution in [-0.2, 0) is 4.79 Å². The van der Waals surface area contributed by atoms with Crippen LogP contribution in [0.25, 0.3) is 5.76 Å². The molecule has 2 aromatic rings. The summed E-state index contributed by atoms with van der Waals surface area (Å²) in [6, 6.07) is 15.7. The van der Waals surface area contributed by atoms with Crippen LogP contribution in [0.15, 0.2) is 60.7 Å². The summed E-state index contributed by atoms with van der Waals surface area (Å²) in [6.07, 6.45) is 6.09. The summed E-state index contributed by atoms with van der Waals surface area (Å²) >= 11 is 0. The quantitative estimate of drug-likeness (QED) is 0.166. The van der Waals surface area contributed by atoms with Crippen LogP contribution >= 0.6 is 21.6 Å². The molecular formula is C23H25NO3S2. The zero-order valence-corrected chi connectivity index (χ0v) is 17.8. The van der Waals surface area contributed by atoms with Gasteiger partial charge in [0.25, 0.3) is 0 Å². The second-order valence-electron chi connectivity index (χ2n) is 6.96. The number of hydrogen-bond acceptors (Lipinski definition) is 5. The van der Waals surface area contributed by atoms with Crippen molar-refractivity contribution in [3.8, 4) is 0 Å². The van der Waals surface area contributed by atoms with Crippen LogP contribution in [0.2, 0.25) is 0 Å². The van der Waals surface area contributed by atoms with E-state index in [1.165, 1.54) is 24.7 Å². The number of carbonyl (C=O) groups is 2. The van der Waals surface area contributed by atoms with Crippen LogP contribution < -0.4 is 5.32 Å². The van der Waals surface area contributed by atoms with Gasteiger partial charge in [-0.15, -0.1) is 0 Å². The standard InChI is InChI=1S/C23H25NO3S2/c25-21(17-7-2-1-3-8-17)16-22(26)18-9-6-10-19(15-18)24-23(27)12-5-4-11-20-13-14-28-29-20/h1-3,6-10,15-16,20,26H,4-5,11-14H2,(H,24,27). The first-order valence-electron chi connectivity index (χ1n) is 9.80. The molecule has 2 aromatic carbocycles. The second kappa shape index (κ2) is 11.1. The molecule has 29 heavy (non-hydrogen) atoms. The van der Waals surface area contributed by atoms with Gasteiger partial charge in [0.2, 0.25) is 5.91 Å². The minimum absolute atomic E-state index is 0.0283. The molecule has 6 heteroatoms. The van der Waals surface area contributed by atoms with Gasteiger partial charge < -0.3 is 10.4 Å². The highest BCUT2D eigenvalue weighted by Crippen LogP contribution is 2.39. The van der Waals surface area contributed by atoms with E-state index < -0.39 is 0 Å². The molecule has 1 unspecified atom stereocenters. The lowest BCUT2D eigenvalue weighted by Crippen LogP contribution is -2.11. The predicted molar refractivity (Wildman–Crippen MR) is 123 cm³/mol. The molecule has 1 aliphatic rings. The monoisotopic (exact) mass is 427 g/mol. The first-order chi connectivity index (χ1) is 14.1. The molecule has 0 radical (unpaired) electrons. The summed E-state index contributed by atoms with van der Waals surface area (Å²) in [7, 11) is 3.92. The molecule has 4 nitrogen and oxygen atoms in total. The van der Waals surface area contributed by atoms with Crippen molar-refractivity contribution in [3.63, 3.8) is 0 Å². The van der Waals surface area contributed by atoms with Crippen molar-refractivity contribution in [1.29, 1.82) is 0 Å². The predicted octanol–water partition coefficient (Wildman–Crippen LogP) is 6.12. The number of rotatable bonds is 9. The van der Waals surface area contributed by atoms with Crippen LogP contribution in [0.1, 0.15) is 48.0 Å². The van der Waals surface area contributed by atoms with Crippen LogP contribution in [0.3, 0.4) is 0 Å². The maximum Gasteiger partial charge on any atom is 0.224 e. The lowest BCUT2D eigenvalue weighted by Gasteiger charge is -2.09. The third kappa shape index (κ3) is 6.98. The zero-order valence-electron chi connectivity index (χ0n) is 16.2. The first kappa shape index (κ1) is 21.5. The van der Waals surface area contributed by atoms with E-state index in [2.05, 4.69) is 5.32 Å². The fourth-order valence-electron chi connectivity index (χ4n) is 3.10. The minimum Gasteiger partial charge on any atom is -0.507 e. The van der Waals surface area contributed by atoms with Gasteiger partial charge in [0.05, 0.1) is 0 Å². The number of nitrogens with one attached hydrogen (secondary N) is 1. The molecular weight excluding hydrogens is 402 g/mol. The number of aliphatic hydroxyl groups excluding tert-OH is 1. The third-order valence-electron chi connectivity index (χ3n) is 4.68. The highest BCUT2D eigenvalue weighted by atomic mass is 33.1. The molecule has 3 rings (SSSR count). The maximum atomic E-state index is 12.2. The number of allylic oxidation sites excluding steroid dienone is 1. The third-order valence-corrected chi connectivity index (χ3v) is 7.68. The number of ketones is 1. The number of anilines is 1. The average Bonchev–Trinajstić information content (AvgIpc) is 3.25. The van der Waals surface area contributed by atoms with E-state index in [0.29, 0.717) is 23.2 Å². The smallest absolute Gasteiger partial charge is 0.224 e. The van der Waals surface area contributed by atoms with E-state index in [0.717, 1.165) is 18.1 Å². The van der Waals surface area contributed by atoms with E-state index in [1.54, 1.807) is 48.5 Å². The summed E-state index contributed by atoms with van der Waals surface area (Å²) in [6.45, 7) is 0. The van der Waals surface area contributed by atoms with Gasteiger partial charge in [-0.3, -0.25) is 9.59 Å². The van der Waals surface area contributed by atoms with E-state index in [4.69, 9.17) is 0 Å². The number of hydrogen-bond donors (Lipinski definition) is 2. The molecule has 0 bridgehead atoms. The molecule has 0 saturated carbocycles. The first-order valence-corrected chi connectivity index (χ1v) is 12.2. The highest BCUT2D eigenvalue weighted by Gasteiger charge is 2.16. The summed E-state index contributed by atoms with van der Waals surface area (Å²) < 4.78 is 0. The van der Waals surface area contributed by atoms with Crippen LogP contribution in [0.4, 0.5) is 5.69 Å². The summed E-state index contributed by atoms with van der Waals surface area (Å²) in [5.41, 5.74) is 1.61. The van der Waals surface area contributed by atoms with Gasteiger partial charge in [0, 0.05) is 40.3 Å². The van der Waals surface area contributed by atoms with Crippen molar-refractivity contribution >= 4 is 44.7 Å². The molecule has 0 aliphatic carbocycles. The number of benzene rings is 2. The Balaban J connectivity index is 1.51. The Morgan fingerprint density at radius 3 is 2.62 bits per heavy atom. The second-order valence-corrected chi connectivity index (χ2v) is 9.75. The summed E-state index contributed by atoms with van der Waals surface area (Å²) in [5, 5.41) is 13.9. The fraction of sp³-hybridized carbons (Fsp3) is 0.304. The van der Waals surface area contributed by atoms with Crippen molar-refractivity contribution in [2.75, 3.05) is 11.1 Å². The number of amides is 1. The zero-order chi connectivity index (χ0) is 20.5. The molecule has 1 heterocycles. The molecule has 1 amide bonds. The van der Waals surface area contributed by atoms with Gasteiger partial charge in [-0.05, 0) is 31.4 Å². The van der Waals surface area contributed by atoms with E-state index in [9.17, 15) is 14.7 Å². The van der Waals surface area contributed by atoms with Gasteiger partial charge in [0.1, 0.15) is 5.76 Å². The molecule has 1 saturated heterocycles. The van der Waals surface area contributed by atoms with Crippen molar-refractivity contribution < 1.29 is 14.7 Å². The van der Waals surface area contributed by atoms with Crippen molar-refractivity contribution in [2.24, 2.45) is 0 Å². The maximum absolute atomic E-state index is 12.2. The highest BCUT2D eigenvalue weighted by molar-refractivity contribution is 8.77. The van der Waals surface area contributed by atoms with Crippen LogP contribution in [0, 0.1) is 0 Å². The molecule has 1 atom stereocenters. The van der Waals surface area contributed by atoms with Crippen molar-refractivity contribution in [3.05, 3.63) is 71.8 Å². The van der Waals surface area contributed by atoms with Gasteiger partial charge in [-0.25, -0.2) is 0 Å². The largest absolute Gasteiger partial charge is 0.507 e. The van der Waals surface area contributed by atoms with E-state index in [-0.39, 0.29) is 17.4 Å². The summed E-state index contributed by atoms with van der Waals surface area (Å²) in [4.78, 5) is 24.4. The molecule has 0 spiro atoms. The summed E-state index contributed by atoms with van der Waals surface area (Å²) in [5.74, 6) is 0.822.